The summed E-state index contributed by atoms with van der Waals surface area (Å²) >= 11 is 0. The van der Waals surface area contributed by atoms with Gasteiger partial charge in [0.05, 0.1) is 6.04 Å². The Bertz CT molecular complexity index is 198. The van der Waals surface area contributed by atoms with E-state index in [1.165, 1.54) is 25.7 Å². The summed E-state index contributed by atoms with van der Waals surface area (Å²) in [5.41, 5.74) is 0. The van der Waals surface area contributed by atoms with E-state index in [9.17, 15) is 4.79 Å². The van der Waals surface area contributed by atoms with E-state index in [4.69, 9.17) is 0 Å². The summed E-state index contributed by atoms with van der Waals surface area (Å²) in [4.78, 5) is 11.6. The summed E-state index contributed by atoms with van der Waals surface area (Å²) in [5, 5.41) is 6.23. The first-order valence-corrected chi connectivity index (χ1v) is 6.13. The zero-order valence-corrected chi connectivity index (χ0v) is 10.2. The average molecular weight is 212 g/mol. The van der Waals surface area contributed by atoms with Crippen molar-refractivity contribution in [3.05, 3.63) is 0 Å². The monoisotopic (exact) mass is 212 g/mol. The molecular weight excluding hydrogens is 188 g/mol. The Morgan fingerprint density at radius 2 is 1.87 bits per heavy atom. The van der Waals surface area contributed by atoms with Crippen LogP contribution in [0, 0.1) is 5.92 Å². The predicted octanol–water partition coefficient (Wildman–Crippen LogP) is 1.68. The first-order valence-electron chi connectivity index (χ1n) is 6.13. The number of rotatable bonds is 5. The van der Waals surface area contributed by atoms with E-state index in [-0.39, 0.29) is 18.0 Å². The van der Waals surface area contributed by atoms with Crippen LogP contribution in [0.3, 0.4) is 0 Å². The van der Waals surface area contributed by atoms with Crippen molar-refractivity contribution < 1.29 is 4.79 Å². The first kappa shape index (κ1) is 12.5. The van der Waals surface area contributed by atoms with E-state index >= 15 is 0 Å². The molecule has 0 spiro atoms. The number of amides is 1. The Balaban J connectivity index is 2.16. The van der Waals surface area contributed by atoms with Crippen LogP contribution in [-0.4, -0.2) is 24.5 Å². The van der Waals surface area contributed by atoms with Crippen LogP contribution in [0.4, 0.5) is 0 Å². The quantitative estimate of drug-likeness (QED) is 0.728. The average Bonchev–Trinajstić information content (AvgIpc) is 2.65. The van der Waals surface area contributed by atoms with Crippen LogP contribution < -0.4 is 10.6 Å². The van der Waals surface area contributed by atoms with Crippen LogP contribution in [0.1, 0.15) is 46.5 Å². The molecule has 1 fully saturated rings. The summed E-state index contributed by atoms with van der Waals surface area (Å²) in [5.74, 6) is 0.905. The normalized spacial score (nSPS) is 19.5. The number of hydrogen-bond donors (Lipinski definition) is 2. The van der Waals surface area contributed by atoms with E-state index in [2.05, 4.69) is 10.6 Å². The number of carbonyl (C=O) groups is 1. The van der Waals surface area contributed by atoms with Gasteiger partial charge in [0.25, 0.3) is 0 Å². The maximum atomic E-state index is 11.6. The molecule has 1 amide bonds. The second kappa shape index (κ2) is 6.11. The van der Waals surface area contributed by atoms with Gasteiger partial charge in [0.15, 0.2) is 0 Å². The molecule has 0 aliphatic heterocycles. The molecule has 1 saturated carbocycles. The molecule has 1 aliphatic carbocycles. The van der Waals surface area contributed by atoms with Gasteiger partial charge in [-0.1, -0.05) is 12.8 Å². The summed E-state index contributed by atoms with van der Waals surface area (Å²) in [6.45, 7) is 6.91. The highest BCUT2D eigenvalue weighted by molar-refractivity contribution is 5.81. The second-order valence-electron chi connectivity index (χ2n) is 4.94. The fourth-order valence-corrected chi connectivity index (χ4v) is 2.06. The lowest BCUT2D eigenvalue weighted by atomic mass is 10.1. The molecule has 0 aromatic rings. The Hall–Kier alpha value is -0.570. The van der Waals surface area contributed by atoms with Crippen LogP contribution in [-0.2, 0) is 4.79 Å². The minimum Gasteiger partial charge on any atom is -0.353 e. The Labute approximate surface area is 93.0 Å². The van der Waals surface area contributed by atoms with Gasteiger partial charge in [-0.05, 0) is 46.1 Å². The Morgan fingerprint density at radius 1 is 1.27 bits per heavy atom. The van der Waals surface area contributed by atoms with E-state index in [0.717, 1.165) is 12.5 Å². The zero-order valence-electron chi connectivity index (χ0n) is 10.2. The van der Waals surface area contributed by atoms with Crippen molar-refractivity contribution in [1.82, 2.24) is 10.6 Å². The van der Waals surface area contributed by atoms with E-state index in [0.29, 0.717) is 0 Å². The van der Waals surface area contributed by atoms with Gasteiger partial charge < -0.3 is 10.6 Å². The third kappa shape index (κ3) is 4.65. The second-order valence-corrected chi connectivity index (χ2v) is 4.94. The number of nitrogens with one attached hydrogen (secondary N) is 2. The van der Waals surface area contributed by atoms with Crippen molar-refractivity contribution in [2.45, 2.75) is 58.5 Å². The summed E-state index contributed by atoms with van der Waals surface area (Å²) in [7, 11) is 0. The molecule has 0 aromatic carbocycles. The SMILES string of the molecule is CC(C)NC(=O)C(C)NCC1CCCC1. The highest BCUT2D eigenvalue weighted by Crippen LogP contribution is 2.23. The van der Waals surface area contributed by atoms with Crippen molar-refractivity contribution in [3.8, 4) is 0 Å². The molecule has 3 heteroatoms. The fourth-order valence-electron chi connectivity index (χ4n) is 2.06. The van der Waals surface area contributed by atoms with Crippen molar-refractivity contribution in [2.75, 3.05) is 6.54 Å². The van der Waals surface area contributed by atoms with Gasteiger partial charge >= 0.3 is 0 Å². The molecule has 88 valence electrons. The van der Waals surface area contributed by atoms with E-state index in [1.807, 2.05) is 20.8 Å². The van der Waals surface area contributed by atoms with Crippen LogP contribution in [0.5, 0.6) is 0 Å². The lowest BCUT2D eigenvalue weighted by Gasteiger charge is -2.18. The summed E-state index contributed by atoms with van der Waals surface area (Å²) in [6, 6.07) is 0.168. The lowest BCUT2D eigenvalue weighted by molar-refractivity contribution is -0.123. The van der Waals surface area contributed by atoms with Crippen LogP contribution in [0.25, 0.3) is 0 Å². The minimum absolute atomic E-state index is 0.0620. The lowest BCUT2D eigenvalue weighted by Crippen LogP contribution is -2.45. The van der Waals surface area contributed by atoms with Gasteiger partial charge in [-0.25, -0.2) is 0 Å². The molecule has 1 rings (SSSR count). The van der Waals surface area contributed by atoms with Crippen LogP contribution in [0.2, 0.25) is 0 Å². The summed E-state index contributed by atoms with van der Waals surface area (Å²) in [6.07, 6.45) is 5.37. The minimum atomic E-state index is -0.0620. The van der Waals surface area contributed by atoms with E-state index < -0.39 is 0 Å². The van der Waals surface area contributed by atoms with Gasteiger partial charge in [0.1, 0.15) is 0 Å². The molecule has 1 atom stereocenters. The number of hydrogen-bond acceptors (Lipinski definition) is 2. The molecule has 0 heterocycles. The first-order chi connectivity index (χ1) is 7.09. The maximum Gasteiger partial charge on any atom is 0.237 e. The molecule has 1 aliphatic rings. The molecule has 0 radical (unpaired) electrons. The topological polar surface area (TPSA) is 41.1 Å². The molecule has 2 N–H and O–H groups in total. The molecule has 3 nitrogen and oxygen atoms in total. The largest absolute Gasteiger partial charge is 0.353 e. The molecule has 1 unspecified atom stereocenters. The maximum absolute atomic E-state index is 11.6. The van der Waals surface area contributed by atoms with Crippen molar-refractivity contribution in [3.63, 3.8) is 0 Å². The van der Waals surface area contributed by atoms with Gasteiger partial charge in [0.2, 0.25) is 5.91 Å². The Kier molecular flexibility index (Phi) is 5.09. The third-order valence-corrected chi connectivity index (χ3v) is 3.01. The van der Waals surface area contributed by atoms with Gasteiger partial charge in [-0.2, -0.15) is 0 Å². The zero-order chi connectivity index (χ0) is 11.3. The fraction of sp³-hybridized carbons (Fsp3) is 0.917. The molecule has 15 heavy (non-hydrogen) atoms. The smallest absolute Gasteiger partial charge is 0.237 e. The van der Waals surface area contributed by atoms with Crippen LogP contribution >= 0.6 is 0 Å². The molecule has 0 saturated heterocycles. The summed E-state index contributed by atoms with van der Waals surface area (Å²) < 4.78 is 0. The van der Waals surface area contributed by atoms with E-state index in [1.54, 1.807) is 0 Å². The van der Waals surface area contributed by atoms with Crippen molar-refractivity contribution in [2.24, 2.45) is 5.92 Å². The van der Waals surface area contributed by atoms with Gasteiger partial charge in [-0.3, -0.25) is 4.79 Å². The third-order valence-electron chi connectivity index (χ3n) is 3.01. The highest BCUT2D eigenvalue weighted by atomic mass is 16.2. The van der Waals surface area contributed by atoms with Crippen molar-refractivity contribution >= 4 is 5.91 Å². The number of carbonyl (C=O) groups excluding carboxylic acids is 1. The molecule has 0 bridgehead atoms. The van der Waals surface area contributed by atoms with Gasteiger partial charge in [0, 0.05) is 6.04 Å². The molecule has 0 aromatic heterocycles. The standard InChI is InChI=1S/C12H24N2O/c1-9(2)14-12(15)10(3)13-8-11-6-4-5-7-11/h9-11,13H,4-8H2,1-3H3,(H,14,15). The molecular formula is C12H24N2O. The van der Waals surface area contributed by atoms with Crippen molar-refractivity contribution in [1.29, 1.82) is 0 Å². The van der Waals surface area contributed by atoms with Gasteiger partial charge in [-0.15, -0.1) is 0 Å². The Morgan fingerprint density at radius 3 is 2.40 bits per heavy atom. The van der Waals surface area contributed by atoms with Crippen LogP contribution in [0.15, 0.2) is 0 Å². The highest BCUT2D eigenvalue weighted by Gasteiger charge is 2.18. The predicted molar refractivity (Wildman–Crippen MR) is 62.7 cm³/mol.